The van der Waals surface area contributed by atoms with Crippen LogP contribution in [-0.4, -0.2) is 61.7 Å². The zero-order chi connectivity index (χ0) is 28.5. The number of phenolic OH excluding ortho intramolecular Hbond substituents is 1. The Morgan fingerprint density at radius 1 is 1.18 bits per heavy atom. The van der Waals surface area contributed by atoms with E-state index in [-0.39, 0.29) is 59.5 Å². The molecule has 2 amide bonds. The van der Waals surface area contributed by atoms with Crippen molar-refractivity contribution in [2.45, 2.75) is 58.7 Å². The van der Waals surface area contributed by atoms with E-state index in [0.29, 0.717) is 25.2 Å². The fourth-order valence-corrected chi connectivity index (χ4v) is 4.85. The van der Waals surface area contributed by atoms with E-state index in [1.54, 1.807) is 6.92 Å². The van der Waals surface area contributed by atoms with Crippen molar-refractivity contribution in [1.82, 2.24) is 10.9 Å². The van der Waals surface area contributed by atoms with E-state index < -0.39 is 29.3 Å². The first kappa shape index (κ1) is 30.4. The summed E-state index contributed by atoms with van der Waals surface area (Å²) in [4.78, 5) is 50.2. The molecule has 1 heterocycles. The Kier molecular flexibility index (Phi) is 11.1. The molecule has 11 nitrogen and oxygen atoms in total. The Morgan fingerprint density at radius 2 is 1.95 bits per heavy atom. The summed E-state index contributed by atoms with van der Waals surface area (Å²) >= 11 is 6.33. The number of rotatable bonds is 9. The van der Waals surface area contributed by atoms with Crippen molar-refractivity contribution in [2.24, 2.45) is 11.8 Å². The largest absolute Gasteiger partial charge is 0.505 e. The highest BCUT2D eigenvalue weighted by Crippen LogP contribution is 2.41. The van der Waals surface area contributed by atoms with Gasteiger partial charge in [-0.3, -0.25) is 30.0 Å². The van der Waals surface area contributed by atoms with Crippen LogP contribution in [0.15, 0.2) is 17.9 Å². The number of halogens is 1. The minimum Gasteiger partial charge on any atom is -0.505 e. The van der Waals surface area contributed by atoms with Crippen molar-refractivity contribution in [3.05, 3.63) is 34.1 Å². The molecule has 214 valence electrons. The molecule has 0 aromatic heterocycles. The summed E-state index contributed by atoms with van der Waals surface area (Å²) in [5.41, 5.74) is 3.92. The van der Waals surface area contributed by atoms with Gasteiger partial charge >= 0.3 is 0 Å². The smallest absolute Gasteiger partial charge is 0.271 e. The van der Waals surface area contributed by atoms with Crippen LogP contribution < -0.4 is 15.6 Å². The van der Waals surface area contributed by atoms with E-state index in [4.69, 9.17) is 30.5 Å². The highest BCUT2D eigenvalue weighted by atomic mass is 35.5. The molecule has 39 heavy (non-hydrogen) atoms. The van der Waals surface area contributed by atoms with Crippen LogP contribution in [0.4, 0.5) is 0 Å². The highest BCUT2D eigenvalue weighted by molar-refractivity contribution is 6.36. The van der Waals surface area contributed by atoms with Gasteiger partial charge in [-0.25, -0.2) is 0 Å². The summed E-state index contributed by atoms with van der Waals surface area (Å²) in [6.07, 6.45) is 4.63. The number of benzene rings is 1. The van der Waals surface area contributed by atoms with Crippen LogP contribution in [0.3, 0.4) is 0 Å². The van der Waals surface area contributed by atoms with E-state index in [1.807, 2.05) is 0 Å². The summed E-state index contributed by atoms with van der Waals surface area (Å²) in [7, 11) is 1.46. The first-order valence-electron chi connectivity index (χ1n) is 12.9. The molecule has 1 aromatic rings. The number of carbonyl (C=O) groups is 4. The van der Waals surface area contributed by atoms with E-state index in [1.165, 1.54) is 26.2 Å². The second kappa shape index (κ2) is 14.3. The normalized spacial score (nSPS) is 23.0. The van der Waals surface area contributed by atoms with Crippen molar-refractivity contribution in [2.75, 3.05) is 26.9 Å². The number of hydrogen-bond acceptors (Lipinski definition) is 9. The number of carbonyl (C=O) groups excluding carboxylic acids is 4. The molecule has 3 atom stereocenters. The summed E-state index contributed by atoms with van der Waals surface area (Å²) in [5.74, 6) is -3.24. The number of methoxy groups -OCH3 is 1. The van der Waals surface area contributed by atoms with Crippen molar-refractivity contribution < 1.29 is 43.2 Å². The average Bonchev–Trinajstić information content (AvgIpc) is 2.90. The SMILES string of the molecule is CO/C1=C/C(=O)C[C@@H](C)[C@H](C(=O)c2c(OCCOC3CCCCO3)cc(C(=O)NNC(C)=O)c(Cl)c2O)CC1. The molecule has 1 aromatic carbocycles. The van der Waals surface area contributed by atoms with Gasteiger partial charge in [0, 0.05) is 38.4 Å². The van der Waals surface area contributed by atoms with Gasteiger partial charge in [-0.15, -0.1) is 0 Å². The third-order valence-electron chi connectivity index (χ3n) is 6.66. The van der Waals surface area contributed by atoms with Gasteiger partial charge in [0.2, 0.25) is 5.91 Å². The molecule has 0 spiro atoms. The molecule has 1 aliphatic heterocycles. The Hall–Kier alpha value is -3.15. The maximum absolute atomic E-state index is 13.9. The van der Waals surface area contributed by atoms with E-state index in [9.17, 15) is 24.3 Å². The lowest BCUT2D eigenvalue weighted by Crippen LogP contribution is -2.40. The number of aromatic hydroxyl groups is 1. The third kappa shape index (κ3) is 8.17. The monoisotopic (exact) mass is 566 g/mol. The third-order valence-corrected chi connectivity index (χ3v) is 7.04. The summed E-state index contributed by atoms with van der Waals surface area (Å²) in [6.45, 7) is 3.73. The molecule has 1 unspecified atom stereocenters. The molecule has 2 aliphatic rings. The van der Waals surface area contributed by atoms with Crippen LogP contribution in [-0.2, 0) is 23.8 Å². The molecular weight excluding hydrogens is 532 g/mol. The lowest BCUT2D eigenvalue weighted by Gasteiger charge is -2.26. The number of hydrogen-bond donors (Lipinski definition) is 3. The number of Topliss-reactive ketones (excluding diaryl/α,β-unsaturated/α-hetero) is 1. The number of nitrogens with one attached hydrogen (secondary N) is 2. The summed E-state index contributed by atoms with van der Waals surface area (Å²) < 4.78 is 22.4. The molecule has 0 saturated carbocycles. The van der Waals surface area contributed by atoms with Crippen LogP contribution in [0, 0.1) is 11.8 Å². The second-order valence-corrected chi connectivity index (χ2v) is 9.96. The fraction of sp³-hybridized carbons (Fsp3) is 0.556. The molecular formula is C27H35ClN2O9. The number of phenols is 1. The van der Waals surface area contributed by atoms with E-state index in [2.05, 4.69) is 10.9 Å². The van der Waals surface area contributed by atoms with Gasteiger partial charge in [-0.05, 0) is 37.7 Å². The van der Waals surface area contributed by atoms with Crippen LogP contribution in [0.1, 0.15) is 73.1 Å². The Bertz CT molecular complexity index is 1110. The molecule has 1 aliphatic carbocycles. The van der Waals surface area contributed by atoms with Gasteiger partial charge in [-0.1, -0.05) is 18.5 Å². The van der Waals surface area contributed by atoms with E-state index in [0.717, 1.165) is 19.3 Å². The Morgan fingerprint density at radius 3 is 2.62 bits per heavy atom. The number of ketones is 2. The topological polar surface area (TPSA) is 149 Å². The second-order valence-electron chi connectivity index (χ2n) is 9.58. The predicted molar refractivity (Wildman–Crippen MR) is 140 cm³/mol. The molecule has 12 heteroatoms. The molecule has 1 saturated heterocycles. The standard InChI is InChI=1S/C27H35ClN2O9/c1-15-12-17(32)13-18(36-3)7-8-19(15)25(33)23-21(37-10-11-39-22-6-4-5-9-38-22)14-20(24(28)26(23)34)27(35)30-29-16(2)31/h13-15,19,22,34H,4-12H2,1-3H3,(H,29,31)(H,30,35)/b18-13+/t15-,19-,22?/m1/s1. The lowest BCUT2D eigenvalue weighted by molar-refractivity contribution is -0.165. The molecule has 0 bridgehead atoms. The van der Waals surface area contributed by atoms with Crippen LogP contribution in [0.5, 0.6) is 11.5 Å². The number of amides is 2. The van der Waals surface area contributed by atoms with Crippen LogP contribution in [0.2, 0.25) is 5.02 Å². The van der Waals surface area contributed by atoms with Gasteiger partial charge in [0.05, 0.1) is 30.1 Å². The van der Waals surface area contributed by atoms with Crippen LogP contribution >= 0.6 is 11.6 Å². The van der Waals surface area contributed by atoms with E-state index >= 15 is 0 Å². The molecule has 1 fully saturated rings. The average molecular weight is 567 g/mol. The first-order valence-corrected chi connectivity index (χ1v) is 13.3. The van der Waals surface area contributed by atoms with Gasteiger partial charge in [0.15, 0.2) is 17.9 Å². The Labute approximate surface area is 232 Å². The number of allylic oxidation sites excluding steroid dienone is 2. The van der Waals surface area contributed by atoms with Gasteiger partial charge in [0.1, 0.15) is 23.7 Å². The minimum absolute atomic E-state index is 0.0107. The zero-order valence-corrected chi connectivity index (χ0v) is 23.1. The van der Waals surface area contributed by atoms with Crippen LogP contribution in [0.25, 0.3) is 0 Å². The quantitative estimate of drug-likeness (QED) is 0.232. The van der Waals surface area contributed by atoms with Crippen molar-refractivity contribution in [1.29, 1.82) is 0 Å². The van der Waals surface area contributed by atoms with Crippen molar-refractivity contribution in [3.8, 4) is 11.5 Å². The number of ether oxygens (including phenoxy) is 4. The zero-order valence-electron chi connectivity index (χ0n) is 22.3. The van der Waals surface area contributed by atoms with Gasteiger partial charge in [-0.2, -0.15) is 0 Å². The van der Waals surface area contributed by atoms with Gasteiger partial charge in [0.25, 0.3) is 5.91 Å². The number of hydrazine groups is 1. The summed E-state index contributed by atoms with van der Waals surface area (Å²) in [5, 5.41) is 10.7. The van der Waals surface area contributed by atoms with Crippen molar-refractivity contribution in [3.63, 3.8) is 0 Å². The highest BCUT2D eigenvalue weighted by Gasteiger charge is 2.34. The molecule has 3 N–H and O–H groups in total. The summed E-state index contributed by atoms with van der Waals surface area (Å²) in [6, 6.07) is 1.24. The Balaban J connectivity index is 1.91. The first-order chi connectivity index (χ1) is 18.6. The predicted octanol–water partition coefficient (Wildman–Crippen LogP) is 3.47. The molecule has 3 rings (SSSR count). The lowest BCUT2D eigenvalue weighted by atomic mass is 9.79. The maximum Gasteiger partial charge on any atom is 0.271 e. The van der Waals surface area contributed by atoms with Crippen molar-refractivity contribution >= 4 is 35.0 Å². The molecule has 0 radical (unpaired) electrons. The van der Waals surface area contributed by atoms with Gasteiger partial charge < -0.3 is 24.1 Å². The fourth-order valence-electron chi connectivity index (χ4n) is 4.61. The maximum atomic E-state index is 13.9. The minimum atomic E-state index is -0.819.